The van der Waals surface area contributed by atoms with Gasteiger partial charge in [0.15, 0.2) is 0 Å². The van der Waals surface area contributed by atoms with Crippen LogP contribution < -0.4 is 10.0 Å². The third kappa shape index (κ3) is 5.63. The highest BCUT2D eigenvalue weighted by Gasteiger charge is 2.24. The fourth-order valence-electron chi connectivity index (χ4n) is 2.65. The molecule has 11 heteroatoms. The van der Waals surface area contributed by atoms with Crippen LogP contribution in [0, 0.1) is 12.7 Å². The fraction of sp³-hybridized carbons (Fsp3) is 0.353. The van der Waals surface area contributed by atoms with E-state index in [0.717, 1.165) is 6.26 Å². The van der Waals surface area contributed by atoms with E-state index in [-0.39, 0.29) is 16.3 Å². The average molecular weight is 432 g/mol. The largest absolute Gasteiger partial charge is 0.345 e. The van der Waals surface area contributed by atoms with Gasteiger partial charge in [-0.1, -0.05) is 0 Å². The van der Waals surface area contributed by atoms with Gasteiger partial charge in [0.1, 0.15) is 26.2 Å². The van der Waals surface area contributed by atoms with E-state index in [1.165, 1.54) is 49.0 Å². The zero-order chi connectivity index (χ0) is 21.3. The summed E-state index contributed by atoms with van der Waals surface area (Å²) in [7, 11) is -5.87. The van der Waals surface area contributed by atoms with Crippen LogP contribution in [-0.2, 0) is 26.9 Å². The van der Waals surface area contributed by atoms with E-state index in [0.29, 0.717) is 11.3 Å². The molecule has 1 aromatic carbocycles. The number of aryl methyl sites for hydroxylation is 2. The van der Waals surface area contributed by atoms with E-state index in [9.17, 15) is 26.0 Å². The number of sulfonamides is 1. The van der Waals surface area contributed by atoms with Crippen molar-refractivity contribution in [3.63, 3.8) is 0 Å². The highest BCUT2D eigenvalue weighted by atomic mass is 32.2. The number of amides is 1. The van der Waals surface area contributed by atoms with Crippen LogP contribution in [0.15, 0.2) is 35.4 Å². The summed E-state index contributed by atoms with van der Waals surface area (Å²) >= 11 is 0. The lowest BCUT2D eigenvalue weighted by Crippen LogP contribution is -2.37. The molecule has 0 aliphatic carbocycles. The molecule has 8 nitrogen and oxygen atoms in total. The van der Waals surface area contributed by atoms with Gasteiger partial charge in [0, 0.05) is 31.2 Å². The first-order valence-corrected chi connectivity index (χ1v) is 11.8. The van der Waals surface area contributed by atoms with Crippen molar-refractivity contribution >= 4 is 31.5 Å². The zero-order valence-corrected chi connectivity index (χ0v) is 17.5. The van der Waals surface area contributed by atoms with Crippen molar-refractivity contribution in [2.75, 3.05) is 17.3 Å². The van der Waals surface area contributed by atoms with Gasteiger partial charge in [0.2, 0.25) is 10.0 Å². The summed E-state index contributed by atoms with van der Waals surface area (Å²) in [6.07, 6.45) is 2.26. The normalized spacial score (nSPS) is 13.3. The van der Waals surface area contributed by atoms with E-state index in [4.69, 9.17) is 0 Å². The number of nitrogens with zero attached hydrogens (tertiary/aromatic N) is 1. The van der Waals surface area contributed by atoms with Crippen LogP contribution in [0.3, 0.4) is 0 Å². The summed E-state index contributed by atoms with van der Waals surface area (Å²) in [6, 6.07) is 4.43. The third-order valence-corrected chi connectivity index (χ3v) is 6.51. The summed E-state index contributed by atoms with van der Waals surface area (Å²) in [5.74, 6) is -1.32. The number of halogens is 1. The molecule has 0 spiro atoms. The Morgan fingerprint density at radius 1 is 1.21 bits per heavy atom. The number of hydrogen-bond donors (Lipinski definition) is 2. The average Bonchev–Trinajstić information content (AvgIpc) is 2.91. The monoisotopic (exact) mass is 431 g/mol. The molecule has 1 aromatic heterocycles. The van der Waals surface area contributed by atoms with Gasteiger partial charge in [0.25, 0.3) is 5.91 Å². The SMILES string of the molecule is Cc1cc(NC(=O)c2cc(S(=O)(=O)N[C@H](C)CS(C)(=O)=O)cn2C)ccc1F. The maximum Gasteiger partial charge on any atom is 0.272 e. The number of sulfone groups is 1. The van der Waals surface area contributed by atoms with Gasteiger partial charge in [-0.05, 0) is 43.7 Å². The summed E-state index contributed by atoms with van der Waals surface area (Å²) in [4.78, 5) is 12.3. The molecule has 0 fully saturated rings. The van der Waals surface area contributed by atoms with Crippen molar-refractivity contribution in [2.24, 2.45) is 7.05 Å². The topological polar surface area (TPSA) is 114 Å². The van der Waals surface area contributed by atoms with Crippen molar-refractivity contribution in [2.45, 2.75) is 24.8 Å². The van der Waals surface area contributed by atoms with Crippen molar-refractivity contribution in [3.8, 4) is 0 Å². The van der Waals surface area contributed by atoms with Crippen LogP contribution in [0.4, 0.5) is 10.1 Å². The van der Waals surface area contributed by atoms with Gasteiger partial charge < -0.3 is 9.88 Å². The molecule has 0 aliphatic rings. The van der Waals surface area contributed by atoms with Crippen LogP contribution in [0.2, 0.25) is 0 Å². The van der Waals surface area contributed by atoms with Crippen molar-refractivity contribution < 1.29 is 26.0 Å². The Balaban J connectivity index is 2.21. The molecule has 0 bridgehead atoms. The van der Waals surface area contributed by atoms with Crippen LogP contribution in [-0.4, -0.2) is 45.4 Å². The number of nitrogens with one attached hydrogen (secondary N) is 2. The Hall–Kier alpha value is -2.24. The first kappa shape index (κ1) is 22.1. The van der Waals surface area contributed by atoms with Crippen molar-refractivity contribution in [1.82, 2.24) is 9.29 Å². The Kier molecular flexibility index (Phi) is 6.31. The van der Waals surface area contributed by atoms with Gasteiger partial charge >= 0.3 is 0 Å². The quantitative estimate of drug-likeness (QED) is 0.688. The predicted molar refractivity (Wildman–Crippen MR) is 104 cm³/mol. The molecule has 2 N–H and O–H groups in total. The number of hydrogen-bond acceptors (Lipinski definition) is 5. The second-order valence-corrected chi connectivity index (χ2v) is 10.6. The first-order chi connectivity index (χ1) is 12.8. The zero-order valence-electron chi connectivity index (χ0n) is 15.9. The summed E-state index contributed by atoms with van der Waals surface area (Å²) in [5, 5.41) is 2.58. The smallest absolute Gasteiger partial charge is 0.272 e. The number of benzene rings is 1. The summed E-state index contributed by atoms with van der Waals surface area (Å²) in [5.41, 5.74) is 0.796. The number of aromatic nitrogens is 1. The minimum absolute atomic E-state index is 0.0677. The first-order valence-electron chi connectivity index (χ1n) is 8.22. The Bertz CT molecular complexity index is 1110. The predicted octanol–water partition coefficient (Wildman–Crippen LogP) is 1.44. The van der Waals surface area contributed by atoms with Crippen LogP contribution in [0.5, 0.6) is 0 Å². The van der Waals surface area contributed by atoms with E-state index in [2.05, 4.69) is 10.0 Å². The second kappa shape index (κ2) is 8.02. The minimum Gasteiger partial charge on any atom is -0.345 e. The molecule has 0 radical (unpaired) electrons. The van der Waals surface area contributed by atoms with Crippen LogP contribution >= 0.6 is 0 Å². The third-order valence-electron chi connectivity index (χ3n) is 3.85. The maximum absolute atomic E-state index is 13.3. The van der Waals surface area contributed by atoms with Gasteiger partial charge in [0.05, 0.1) is 5.75 Å². The molecule has 154 valence electrons. The molecular weight excluding hydrogens is 409 g/mol. The molecule has 1 atom stereocenters. The van der Waals surface area contributed by atoms with E-state index < -0.39 is 37.6 Å². The second-order valence-electron chi connectivity index (χ2n) is 6.70. The molecule has 1 heterocycles. The van der Waals surface area contributed by atoms with E-state index in [1.54, 1.807) is 6.92 Å². The van der Waals surface area contributed by atoms with Gasteiger partial charge in [-0.2, -0.15) is 0 Å². The molecule has 0 saturated carbocycles. The van der Waals surface area contributed by atoms with Crippen LogP contribution in [0.1, 0.15) is 23.0 Å². The standard InChI is InChI=1S/C17H22FN3O5S2/c1-11-7-13(5-6-15(11)18)19-17(22)16-8-14(9-21(16)3)28(25,26)20-12(2)10-27(4,23)24/h5-9,12,20H,10H2,1-4H3,(H,19,22)/t12-/m1/s1. The number of rotatable bonds is 7. The molecule has 28 heavy (non-hydrogen) atoms. The molecule has 2 aromatic rings. The maximum atomic E-state index is 13.3. The number of carbonyl (C=O) groups excluding carboxylic acids is 1. The van der Waals surface area contributed by atoms with E-state index >= 15 is 0 Å². The van der Waals surface area contributed by atoms with Crippen molar-refractivity contribution in [1.29, 1.82) is 0 Å². The van der Waals surface area contributed by atoms with Crippen LogP contribution in [0.25, 0.3) is 0 Å². The molecule has 0 aliphatic heterocycles. The van der Waals surface area contributed by atoms with Gasteiger partial charge in [-0.15, -0.1) is 0 Å². The Morgan fingerprint density at radius 3 is 2.43 bits per heavy atom. The fourth-order valence-corrected chi connectivity index (χ4v) is 5.06. The lowest BCUT2D eigenvalue weighted by Gasteiger charge is -2.12. The summed E-state index contributed by atoms with van der Waals surface area (Å²) in [6.45, 7) is 2.99. The molecule has 2 rings (SSSR count). The highest BCUT2D eigenvalue weighted by Crippen LogP contribution is 2.18. The minimum atomic E-state index is -4.02. The Labute approximate surface area is 163 Å². The van der Waals surface area contributed by atoms with Gasteiger partial charge in [-0.25, -0.2) is 25.9 Å². The van der Waals surface area contributed by atoms with E-state index in [1.807, 2.05) is 0 Å². The van der Waals surface area contributed by atoms with Crippen molar-refractivity contribution in [3.05, 3.63) is 47.5 Å². The lowest BCUT2D eigenvalue weighted by atomic mass is 10.2. The highest BCUT2D eigenvalue weighted by molar-refractivity contribution is 7.91. The van der Waals surface area contributed by atoms with Gasteiger partial charge in [-0.3, -0.25) is 4.79 Å². The Morgan fingerprint density at radius 2 is 1.86 bits per heavy atom. The number of carbonyl (C=O) groups is 1. The molecule has 0 unspecified atom stereocenters. The molecule has 0 saturated heterocycles. The molecular formula is C17H22FN3O5S2. The number of anilines is 1. The lowest BCUT2D eigenvalue weighted by molar-refractivity contribution is 0.101. The molecule has 1 amide bonds. The summed E-state index contributed by atoms with van der Waals surface area (Å²) < 4.78 is 64.5.